The van der Waals surface area contributed by atoms with E-state index in [1.807, 2.05) is 32.0 Å². The van der Waals surface area contributed by atoms with Crippen LogP contribution in [-0.2, 0) is 10.1 Å². The molecule has 2 rings (SSSR count). The summed E-state index contributed by atoms with van der Waals surface area (Å²) in [6.07, 6.45) is 0. The van der Waals surface area contributed by atoms with Crippen molar-refractivity contribution in [3.05, 3.63) is 41.0 Å². The molecule has 0 aliphatic heterocycles. The predicted molar refractivity (Wildman–Crippen MR) is 68.0 cm³/mol. The number of aryl methyl sites for hydroxylation is 2. The van der Waals surface area contributed by atoms with Crippen LogP contribution in [0.25, 0.3) is 10.8 Å². The second kappa shape index (κ2) is 3.82. The van der Waals surface area contributed by atoms with Gasteiger partial charge >= 0.3 is 0 Å². The van der Waals surface area contributed by atoms with Gasteiger partial charge in [0.05, 0.1) is 4.90 Å². The molecule has 0 bridgehead atoms. The van der Waals surface area contributed by atoms with Gasteiger partial charge in [-0.15, -0.1) is 0 Å². The molecular weight excluding hydrogens is 236 g/mol. The predicted octanol–water partition coefficient (Wildman–Crippen LogP) is 3.01. The van der Waals surface area contributed by atoms with Gasteiger partial charge in [-0.05, 0) is 48.7 Å². The maximum atomic E-state index is 11.3. The highest BCUT2D eigenvalue weighted by atomic mass is 32.2. The first-order valence-corrected chi connectivity index (χ1v) is 6.73. The molecule has 1 N–H and O–H groups in total. The van der Waals surface area contributed by atoms with Crippen molar-refractivity contribution in [2.24, 2.45) is 0 Å². The molecule has 0 radical (unpaired) electrons. The smallest absolute Gasteiger partial charge is 0.282 e. The van der Waals surface area contributed by atoms with Crippen LogP contribution in [0.5, 0.6) is 0 Å². The molecule has 0 heterocycles. The van der Waals surface area contributed by atoms with E-state index < -0.39 is 10.1 Å². The summed E-state index contributed by atoms with van der Waals surface area (Å²) in [7, 11) is -4.16. The SMILES string of the molecule is Cc1ccc2cc(S(=O)(=O)O)c(C)c(C)c2c1. The molecule has 2 aromatic carbocycles. The van der Waals surface area contributed by atoms with Gasteiger partial charge in [-0.25, -0.2) is 0 Å². The molecule has 2 aromatic rings. The first kappa shape index (κ1) is 12.1. The molecule has 0 saturated carbocycles. The molecule has 0 aliphatic rings. The fraction of sp³-hybridized carbons (Fsp3) is 0.231. The average molecular weight is 250 g/mol. The Hall–Kier alpha value is -1.39. The number of rotatable bonds is 1. The van der Waals surface area contributed by atoms with Crippen LogP contribution in [0.15, 0.2) is 29.2 Å². The standard InChI is InChI=1S/C13H14O3S/c1-8-4-5-11-7-13(17(14,15)16)10(3)9(2)12(11)6-8/h4-7H,1-3H3,(H,14,15,16). The van der Waals surface area contributed by atoms with Crippen LogP contribution in [-0.4, -0.2) is 13.0 Å². The van der Waals surface area contributed by atoms with Crippen LogP contribution < -0.4 is 0 Å². The highest BCUT2D eigenvalue weighted by molar-refractivity contribution is 7.85. The Kier molecular flexibility index (Phi) is 2.72. The largest absolute Gasteiger partial charge is 0.294 e. The van der Waals surface area contributed by atoms with Crippen LogP contribution in [0.4, 0.5) is 0 Å². The van der Waals surface area contributed by atoms with Gasteiger partial charge < -0.3 is 0 Å². The zero-order valence-corrected chi connectivity index (χ0v) is 10.8. The molecule has 0 unspecified atom stereocenters. The molecule has 17 heavy (non-hydrogen) atoms. The van der Waals surface area contributed by atoms with E-state index in [1.54, 1.807) is 6.92 Å². The first-order chi connectivity index (χ1) is 7.80. The zero-order valence-electron chi connectivity index (χ0n) is 9.98. The molecule has 0 saturated heterocycles. The van der Waals surface area contributed by atoms with Crippen molar-refractivity contribution in [1.29, 1.82) is 0 Å². The minimum Gasteiger partial charge on any atom is -0.282 e. The van der Waals surface area contributed by atoms with E-state index in [1.165, 1.54) is 6.07 Å². The van der Waals surface area contributed by atoms with Crippen molar-refractivity contribution in [3.8, 4) is 0 Å². The molecule has 0 atom stereocenters. The number of hydrogen-bond donors (Lipinski definition) is 1. The van der Waals surface area contributed by atoms with Crippen molar-refractivity contribution in [3.63, 3.8) is 0 Å². The zero-order chi connectivity index (χ0) is 12.8. The lowest BCUT2D eigenvalue weighted by atomic mass is 9.99. The Labute approximate surface area is 101 Å². The fourth-order valence-corrected chi connectivity index (χ4v) is 2.84. The third kappa shape index (κ3) is 2.06. The summed E-state index contributed by atoms with van der Waals surface area (Å²) in [4.78, 5) is -0.00801. The summed E-state index contributed by atoms with van der Waals surface area (Å²) in [5, 5.41) is 1.85. The quantitative estimate of drug-likeness (QED) is 0.791. The van der Waals surface area contributed by atoms with E-state index in [0.29, 0.717) is 5.56 Å². The lowest BCUT2D eigenvalue weighted by Crippen LogP contribution is -2.02. The number of hydrogen-bond acceptors (Lipinski definition) is 2. The highest BCUT2D eigenvalue weighted by Gasteiger charge is 2.16. The fourth-order valence-electron chi connectivity index (χ4n) is 2.02. The van der Waals surface area contributed by atoms with Gasteiger partial charge in [0.15, 0.2) is 0 Å². The van der Waals surface area contributed by atoms with E-state index in [0.717, 1.165) is 21.9 Å². The van der Waals surface area contributed by atoms with Gasteiger partial charge in [-0.2, -0.15) is 8.42 Å². The summed E-state index contributed by atoms with van der Waals surface area (Å²) in [6, 6.07) is 7.33. The summed E-state index contributed by atoms with van der Waals surface area (Å²) in [5.41, 5.74) is 2.61. The molecule has 4 heteroatoms. The van der Waals surface area contributed by atoms with Crippen molar-refractivity contribution in [1.82, 2.24) is 0 Å². The molecule has 0 aliphatic carbocycles. The van der Waals surface area contributed by atoms with Gasteiger partial charge in [0.1, 0.15) is 0 Å². The second-order valence-corrected chi connectivity index (χ2v) is 5.71. The van der Waals surface area contributed by atoms with Crippen molar-refractivity contribution in [2.45, 2.75) is 25.7 Å². The molecule has 0 spiro atoms. The summed E-state index contributed by atoms with van der Waals surface area (Å²) >= 11 is 0. The van der Waals surface area contributed by atoms with E-state index in [4.69, 9.17) is 0 Å². The monoisotopic (exact) mass is 250 g/mol. The minimum absolute atomic E-state index is 0.00801. The van der Waals surface area contributed by atoms with Crippen LogP contribution in [0.3, 0.4) is 0 Å². The molecule has 0 fully saturated rings. The van der Waals surface area contributed by atoms with E-state index in [9.17, 15) is 13.0 Å². The summed E-state index contributed by atoms with van der Waals surface area (Å²) in [6.45, 7) is 5.57. The number of fused-ring (bicyclic) bond motifs is 1. The topological polar surface area (TPSA) is 54.4 Å². The molecule has 0 aromatic heterocycles. The van der Waals surface area contributed by atoms with E-state index in [2.05, 4.69) is 0 Å². The Morgan fingerprint density at radius 1 is 1.00 bits per heavy atom. The average Bonchev–Trinajstić information content (AvgIpc) is 2.22. The Morgan fingerprint density at radius 2 is 1.65 bits per heavy atom. The maximum Gasteiger partial charge on any atom is 0.294 e. The van der Waals surface area contributed by atoms with Crippen molar-refractivity contribution < 1.29 is 13.0 Å². The minimum atomic E-state index is -4.16. The van der Waals surface area contributed by atoms with Crippen LogP contribution in [0, 0.1) is 20.8 Å². The Balaban J connectivity index is 2.94. The van der Waals surface area contributed by atoms with Crippen molar-refractivity contribution in [2.75, 3.05) is 0 Å². The van der Waals surface area contributed by atoms with Crippen molar-refractivity contribution >= 4 is 20.9 Å². The molecular formula is C13H14O3S. The molecule has 90 valence electrons. The van der Waals surface area contributed by atoms with Gasteiger partial charge in [0.2, 0.25) is 0 Å². The third-order valence-electron chi connectivity index (χ3n) is 3.11. The Bertz CT molecular complexity index is 700. The lowest BCUT2D eigenvalue weighted by Gasteiger charge is -2.11. The second-order valence-electron chi connectivity index (χ2n) is 4.32. The first-order valence-electron chi connectivity index (χ1n) is 5.29. The summed E-state index contributed by atoms with van der Waals surface area (Å²) < 4.78 is 31.7. The Morgan fingerprint density at radius 3 is 2.24 bits per heavy atom. The van der Waals surface area contributed by atoms with Gasteiger partial charge in [0.25, 0.3) is 10.1 Å². The van der Waals surface area contributed by atoms with Crippen LogP contribution in [0.2, 0.25) is 0 Å². The van der Waals surface area contributed by atoms with E-state index >= 15 is 0 Å². The van der Waals surface area contributed by atoms with Crippen LogP contribution in [0.1, 0.15) is 16.7 Å². The molecule has 3 nitrogen and oxygen atoms in total. The van der Waals surface area contributed by atoms with Crippen LogP contribution >= 0.6 is 0 Å². The highest BCUT2D eigenvalue weighted by Crippen LogP contribution is 2.28. The summed E-state index contributed by atoms with van der Waals surface area (Å²) in [5.74, 6) is 0. The normalized spacial score (nSPS) is 12.0. The van der Waals surface area contributed by atoms with Gasteiger partial charge in [-0.1, -0.05) is 23.8 Å². The maximum absolute atomic E-state index is 11.3. The van der Waals surface area contributed by atoms with Gasteiger partial charge in [-0.3, -0.25) is 4.55 Å². The third-order valence-corrected chi connectivity index (χ3v) is 4.09. The molecule has 0 amide bonds. The van der Waals surface area contributed by atoms with Gasteiger partial charge in [0, 0.05) is 0 Å². The van der Waals surface area contributed by atoms with E-state index in [-0.39, 0.29) is 4.90 Å². The lowest BCUT2D eigenvalue weighted by molar-refractivity contribution is 0.482. The number of benzene rings is 2.